The highest BCUT2D eigenvalue weighted by Gasteiger charge is 2.13. The van der Waals surface area contributed by atoms with Crippen molar-refractivity contribution < 1.29 is 13.9 Å². The number of benzene rings is 1. The van der Waals surface area contributed by atoms with Crippen LogP contribution in [-0.4, -0.2) is 29.1 Å². The Labute approximate surface area is 131 Å². The summed E-state index contributed by atoms with van der Waals surface area (Å²) in [6, 6.07) is 6.19. The number of hydrogen-bond donors (Lipinski definition) is 1. The third kappa shape index (κ3) is 3.23. The molecule has 23 heavy (non-hydrogen) atoms. The fourth-order valence-corrected chi connectivity index (χ4v) is 2.27. The molecule has 3 rings (SSSR count). The van der Waals surface area contributed by atoms with Crippen molar-refractivity contribution in [3.8, 4) is 5.75 Å². The molecule has 0 unspecified atom stereocenters. The molecule has 1 aromatic carbocycles. The van der Waals surface area contributed by atoms with E-state index in [2.05, 4.69) is 10.3 Å². The number of fused-ring (bicyclic) bond motifs is 1. The zero-order chi connectivity index (χ0) is 16.2. The number of amides is 1. The summed E-state index contributed by atoms with van der Waals surface area (Å²) in [6.07, 6.45) is 5.15. The number of nitrogens with zero attached hydrogens (tertiary/aromatic N) is 2. The summed E-state index contributed by atoms with van der Waals surface area (Å²) in [5, 5.41) is 3.35. The van der Waals surface area contributed by atoms with Crippen molar-refractivity contribution in [3.05, 3.63) is 59.0 Å². The van der Waals surface area contributed by atoms with Crippen molar-refractivity contribution in [2.24, 2.45) is 0 Å². The van der Waals surface area contributed by atoms with Crippen molar-refractivity contribution in [2.45, 2.75) is 6.54 Å². The highest BCUT2D eigenvalue weighted by atomic mass is 16.5. The van der Waals surface area contributed by atoms with Crippen LogP contribution in [0.4, 0.5) is 0 Å². The van der Waals surface area contributed by atoms with E-state index in [0.717, 1.165) is 0 Å². The highest BCUT2D eigenvalue weighted by molar-refractivity contribution is 6.05. The molecule has 1 N–H and O–H groups in total. The third-order valence-electron chi connectivity index (χ3n) is 3.41. The molecule has 3 aromatic rings. The molecule has 0 radical (unpaired) electrons. The molecule has 7 heteroatoms. The second-order valence-electron chi connectivity index (χ2n) is 4.90. The van der Waals surface area contributed by atoms with Crippen molar-refractivity contribution in [2.75, 3.05) is 13.7 Å². The zero-order valence-electron chi connectivity index (χ0n) is 12.5. The molecule has 118 valence electrons. The Kier molecular flexibility index (Phi) is 4.09. The van der Waals surface area contributed by atoms with E-state index in [1.165, 1.54) is 13.2 Å². The summed E-state index contributed by atoms with van der Waals surface area (Å²) >= 11 is 0. The Balaban J connectivity index is 1.83. The average molecular weight is 313 g/mol. The number of carbonyl (C=O) groups is 1. The lowest BCUT2D eigenvalue weighted by Crippen LogP contribution is -2.28. The first-order chi connectivity index (χ1) is 11.2. The van der Waals surface area contributed by atoms with Gasteiger partial charge >= 0.3 is 5.63 Å². The monoisotopic (exact) mass is 313 g/mol. The minimum absolute atomic E-state index is 0.282. The fourth-order valence-electron chi connectivity index (χ4n) is 2.27. The van der Waals surface area contributed by atoms with Gasteiger partial charge in [0.25, 0.3) is 5.91 Å². The molecule has 2 heterocycles. The average Bonchev–Trinajstić information content (AvgIpc) is 3.06. The van der Waals surface area contributed by atoms with E-state index in [1.54, 1.807) is 30.7 Å². The van der Waals surface area contributed by atoms with Crippen molar-refractivity contribution in [3.63, 3.8) is 0 Å². The first kappa shape index (κ1) is 14.8. The second-order valence-corrected chi connectivity index (χ2v) is 4.90. The Morgan fingerprint density at radius 2 is 2.26 bits per heavy atom. The Morgan fingerprint density at radius 1 is 1.39 bits per heavy atom. The van der Waals surface area contributed by atoms with Crippen LogP contribution in [0.1, 0.15) is 10.4 Å². The van der Waals surface area contributed by atoms with Crippen LogP contribution in [-0.2, 0) is 6.54 Å². The highest BCUT2D eigenvalue weighted by Crippen LogP contribution is 2.22. The summed E-state index contributed by atoms with van der Waals surface area (Å²) < 4.78 is 12.1. The molecule has 0 spiro atoms. The van der Waals surface area contributed by atoms with Crippen molar-refractivity contribution >= 4 is 16.9 Å². The van der Waals surface area contributed by atoms with Crippen LogP contribution in [0.5, 0.6) is 5.75 Å². The van der Waals surface area contributed by atoms with Crippen LogP contribution in [0.3, 0.4) is 0 Å². The van der Waals surface area contributed by atoms with Gasteiger partial charge in [-0.3, -0.25) is 4.79 Å². The predicted octanol–water partition coefficient (Wildman–Crippen LogP) is 1.43. The molecule has 0 aliphatic rings. The van der Waals surface area contributed by atoms with Gasteiger partial charge in [-0.05, 0) is 12.1 Å². The van der Waals surface area contributed by atoms with Gasteiger partial charge in [0, 0.05) is 43.0 Å². The summed E-state index contributed by atoms with van der Waals surface area (Å²) in [4.78, 5) is 27.9. The molecular weight excluding hydrogens is 298 g/mol. The molecule has 0 fully saturated rings. The van der Waals surface area contributed by atoms with E-state index in [4.69, 9.17) is 9.15 Å². The van der Waals surface area contributed by atoms with Crippen molar-refractivity contribution in [1.82, 2.24) is 14.9 Å². The Hall–Kier alpha value is -3.09. The molecule has 0 atom stereocenters. The van der Waals surface area contributed by atoms with E-state index in [-0.39, 0.29) is 11.5 Å². The number of methoxy groups -OCH3 is 1. The molecule has 0 aliphatic heterocycles. The number of rotatable bonds is 5. The lowest BCUT2D eigenvalue weighted by atomic mass is 10.1. The lowest BCUT2D eigenvalue weighted by molar-refractivity contribution is 0.0953. The van der Waals surface area contributed by atoms with Gasteiger partial charge in [-0.15, -0.1) is 0 Å². The molecular formula is C16H15N3O4. The molecule has 7 nitrogen and oxygen atoms in total. The van der Waals surface area contributed by atoms with Crippen LogP contribution in [0.15, 0.2) is 52.2 Å². The molecule has 1 amide bonds. The van der Waals surface area contributed by atoms with Gasteiger partial charge in [-0.2, -0.15) is 0 Å². The van der Waals surface area contributed by atoms with Gasteiger partial charge in [0.2, 0.25) is 0 Å². The minimum atomic E-state index is -0.578. The summed E-state index contributed by atoms with van der Waals surface area (Å²) in [6.45, 7) is 1.02. The van der Waals surface area contributed by atoms with Gasteiger partial charge in [-0.1, -0.05) is 0 Å². The van der Waals surface area contributed by atoms with E-state index in [9.17, 15) is 9.59 Å². The van der Waals surface area contributed by atoms with Gasteiger partial charge < -0.3 is 19.0 Å². The first-order valence-corrected chi connectivity index (χ1v) is 7.03. The Bertz CT molecular complexity index is 884. The van der Waals surface area contributed by atoms with Gasteiger partial charge in [0.1, 0.15) is 11.3 Å². The maximum atomic E-state index is 12.3. The lowest BCUT2D eigenvalue weighted by Gasteiger charge is -2.08. The number of carbonyl (C=O) groups excluding carboxylic acids is 1. The van der Waals surface area contributed by atoms with E-state index < -0.39 is 5.63 Å². The molecule has 0 aliphatic carbocycles. The summed E-state index contributed by atoms with van der Waals surface area (Å²) in [5.74, 6) is 0.228. The maximum Gasteiger partial charge on any atom is 0.337 e. The maximum absolute atomic E-state index is 12.3. The van der Waals surface area contributed by atoms with Crippen LogP contribution in [0.25, 0.3) is 11.0 Å². The standard InChI is InChI=1S/C16H15N3O4/c1-22-11-2-3-12-13(9-15(20)23-14(12)8-11)16(21)18-5-7-19-6-4-17-10-19/h2-4,6,8-10H,5,7H2,1H3,(H,18,21). The number of imidazole rings is 1. The van der Waals surface area contributed by atoms with E-state index in [1.807, 2.05) is 10.8 Å². The number of aromatic nitrogens is 2. The van der Waals surface area contributed by atoms with Gasteiger partial charge in [0.15, 0.2) is 0 Å². The molecule has 0 bridgehead atoms. The SMILES string of the molecule is COc1ccc2c(C(=O)NCCn3ccnc3)cc(=O)oc2c1. The first-order valence-electron chi connectivity index (χ1n) is 7.03. The topological polar surface area (TPSA) is 86.4 Å². The van der Waals surface area contributed by atoms with Crippen LogP contribution >= 0.6 is 0 Å². The number of hydrogen-bond acceptors (Lipinski definition) is 5. The quantitative estimate of drug-likeness (QED) is 0.720. The second kappa shape index (κ2) is 6.35. The smallest absolute Gasteiger partial charge is 0.337 e. The molecule has 2 aromatic heterocycles. The minimum Gasteiger partial charge on any atom is -0.497 e. The summed E-state index contributed by atoms with van der Waals surface area (Å²) in [5.41, 5.74) is 0.0201. The largest absolute Gasteiger partial charge is 0.497 e. The summed E-state index contributed by atoms with van der Waals surface area (Å²) in [7, 11) is 1.52. The van der Waals surface area contributed by atoms with Gasteiger partial charge in [-0.25, -0.2) is 9.78 Å². The number of nitrogens with one attached hydrogen (secondary N) is 1. The van der Waals surface area contributed by atoms with Crippen LogP contribution in [0, 0.1) is 0 Å². The van der Waals surface area contributed by atoms with Crippen LogP contribution in [0.2, 0.25) is 0 Å². The third-order valence-corrected chi connectivity index (χ3v) is 3.41. The normalized spacial score (nSPS) is 10.7. The predicted molar refractivity (Wildman–Crippen MR) is 83.6 cm³/mol. The van der Waals surface area contributed by atoms with Crippen molar-refractivity contribution in [1.29, 1.82) is 0 Å². The van der Waals surface area contributed by atoms with Gasteiger partial charge in [0.05, 0.1) is 19.0 Å². The fraction of sp³-hybridized carbons (Fsp3) is 0.188. The Morgan fingerprint density at radius 3 is 3.00 bits per heavy atom. The van der Waals surface area contributed by atoms with E-state index in [0.29, 0.717) is 29.8 Å². The van der Waals surface area contributed by atoms with Crippen LogP contribution < -0.4 is 15.7 Å². The van der Waals surface area contributed by atoms with E-state index >= 15 is 0 Å². The molecule has 0 saturated carbocycles. The molecule has 0 saturated heterocycles. The zero-order valence-corrected chi connectivity index (χ0v) is 12.5. The number of ether oxygens (including phenoxy) is 1.